The lowest BCUT2D eigenvalue weighted by Gasteiger charge is -2.39. The van der Waals surface area contributed by atoms with Crippen LogP contribution in [-0.2, 0) is 19.7 Å². The predicted octanol–water partition coefficient (Wildman–Crippen LogP) is 0.377. The first kappa shape index (κ1) is 20.2. The minimum atomic E-state index is -3.92. The van der Waals surface area contributed by atoms with E-state index in [1.165, 1.54) is 12.1 Å². The highest BCUT2D eigenvalue weighted by Gasteiger charge is 2.48. The van der Waals surface area contributed by atoms with E-state index in [1.807, 2.05) is 9.80 Å². The van der Waals surface area contributed by atoms with Crippen LogP contribution in [0.3, 0.4) is 0 Å². The van der Waals surface area contributed by atoms with Crippen LogP contribution in [0.2, 0.25) is 0 Å². The topological polar surface area (TPSA) is 101 Å². The lowest BCUT2D eigenvalue weighted by molar-refractivity contribution is 0.201. The highest BCUT2D eigenvalue weighted by molar-refractivity contribution is 7.96. The highest BCUT2D eigenvalue weighted by Crippen LogP contribution is 2.30. The van der Waals surface area contributed by atoms with Gasteiger partial charge in [-0.05, 0) is 30.3 Å². The maximum absolute atomic E-state index is 13.2. The molecule has 2 aromatic rings. The molecule has 4 rings (SSSR count). The van der Waals surface area contributed by atoms with Gasteiger partial charge in [-0.1, -0.05) is 0 Å². The zero-order valence-corrected chi connectivity index (χ0v) is 17.2. The second-order valence-corrected chi connectivity index (χ2v) is 11.6. The lowest BCUT2D eigenvalue weighted by atomic mass is 10.2. The van der Waals surface area contributed by atoms with Gasteiger partial charge in [0.05, 0.1) is 21.7 Å². The van der Waals surface area contributed by atoms with E-state index >= 15 is 0 Å². The molecular formula is C18H21FN4O4S2. The summed E-state index contributed by atoms with van der Waals surface area (Å²) in [6.07, 6.45) is 3.31. The lowest BCUT2D eigenvalue weighted by Crippen LogP contribution is -2.55. The van der Waals surface area contributed by atoms with Crippen LogP contribution in [0.5, 0.6) is 0 Å². The Balaban J connectivity index is 1.55. The average Bonchev–Trinajstić information content (AvgIpc) is 3.05. The van der Waals surface area contributed by atoms with Crippen molar-refractivity contribution >= 4 is 25.6 Å². The van der Waals surface area contributed by atoms with E-state index in [2.05, 4.69) is 9.97 Å². The maximum Gasteiger partial charge on any atom is 0.225 e. The molecule has 2 unspecified atom stereocenters. The smallest absolute Gasteiger partial charge is 0.225 e. The minimum Gasteiger partial charge on any atom is -0.338 e. The van der Waals surface area contributed by atoms with Gasteiger partial charge in [-0.3, -0.25) is 4.90 Å². The predicted molar refractivity (Wildman–Crippen MR) is 106 cm³/mol. The number of benzene rings is 1. The Morgan fingerprint density at radius 2 is 1.59 bits per heavy atom. The van der Waals surface area contributed by atoms with Crippen LogP contribution in [0.4, 0.5) is 10.3 Å². The van der Waals surface area contributed by atoms with Crippen molar-refractivity contribution in [2.24, 2.45) is 0 Å². The van der Waals surface area contributed by atoms with Gasteiger partial charge in [0, 0.05) is 44.6 Å². The molecule has 2 aliphatic heterocycles. The fourth-order valence-corrected chi connectivity index (χ4v) is 8.77. The summed E-state index contributed by atoms with van der Waals surface area (Å²) in [5, 5.41) is -1.07. The highest BCUT2D eigenvalue weighted by atomic mass is 32.2. The third kappa shape index (κ3) is 4.12. The molecule has 0 amide bonds. The van der Waals surface area contributed by atoms with E-state index in [0.717, 1.165) is 12.1 Å². The summed E-state index contributed by atoms with van der Waals surface area (Å²) < 4.78 is 64.1. The van der Waals surface area contributed by atoms with Crippen LogP contribution in [-0.4, -0.2) is 80.7 Å². The number of aromatic nitrogens is 2. The zero-order chi connectivity index (χ0) is 20.6. The summed E-state index contributed by atoms with van der Waals surface area (Å²) in [5.41, 5.74) is 0. The molecule has 2 aliphatic rings. The molecule has 0 radical (unpaired) electrons. The summed E-state index contributed by atoms with van der Waals surface area (Å²) in [6, 6.07) is 5.63. The van der Waals surface area contributed by atoms with Crippen molar-refractivity contribution in [3.05, 3.63) is 48.5 Å². The number of sulfone groups is 2. The van der Waals surface area contributed by atoms with E-state index < -0.39 is 42.5 Å². The number of anilines is 1. The van der Waals surface area contributed by atoms with Crippen molar-refractivity contribution in [3.63, 3.8) is 0 Å². The molecule has 0 saturated carbocycles. The average molecular weight is 441 g/mol. The van der Waals surface area contributed by atoms with Gasteiger partial charge in [0.15, 0.2) is 19.7 Å². The standard InChI is InChI=1S/C18H21FN4O4S2/c19-14-2-4-15(5-3-14)29(26,27)17-13-28(24,25)12-16(17)22-8-10-23(11-9-22)18-20-6-1-7-21-18/h1-7,16-17H,8-13H2. The zero-order valence-electron chi connectivity index (χ0n) is 15.6. The first-order chi connectivity index (χ1) is 13.8. The minimum absolute atomic E-state index is 0.0534. The van der Waals surface area contributed by atoms with Gasteiger partial charge >= 0.3 is 0 Å². The normalized spacial score (nSPS) is 25.2. The van der Waals surface area contributed by atoms with Gasteiger partial charge in [0.2, 0.25) is 5.95 Å². The molecule has 0 spiro atoms. The number of hydrogen-bond acceptors (Lipinski definition) is 8. The van der Waals surface area contributed by atoms with Crippen molar-refractivity contribution in [1.82, 2.24) is 14.9 Å². The largest absolute Gasteiger partial charge is 0.338 e. The van der Waals surface area contributed by atoms with Gasteiger partial charge in [-0.15, -0.1) is 0 Å². The molecule has 0 aliphatic carbocycles. The monoisotopic (exact) mass is 440 g/mol. The van der Waals surface area contributed by atoms with E-state index in [0.29, 0.717) is 32.1 Å². The maximum atomic E-state index is 13.2. The molecule has 8 nitrogen and oxygen atoms in total. The third-order valence-corrected chi connectivity index (χ3v) is 9.57. The fourth-order valence-electron chi connectivity index (χ4n) is 3.94. The van der Waals surface area contributed by atoms with Gasteiger partial charge in [0.1, 0.15) is 5.82 Å². The molecule has 156 valence electrons. The summed E-state index contributed by atoms with van der Waals surface area (Å²) in [7, 11) is -7.41. The van der Waals surface area contributed by atoms with Gasteiger partial charge in [-0.2, -0.15) is 0 Å². The molecule has 1 aromatic heterocycles. The van der Waals surface area contributed by atoms with Crippen LogP contribution in [0.25, 0.3) is 0 Å². The Bertz CT molecular complexity index is 1070. The van der Waals surface area contributed by atoms with Gasteiger partial charge in [0.25, 0.3) is 0 Å². The number of hydrogen-bond donors (Lipinski definition) is 0. The van der Waals surface area contributed by atoms with E-state index in [1.54, 1.807) is 18.5 Å². The molecule has 3 heterocycles. The van der Waals surface area contributed by atoms with Gasteiger partial charge < -0.3 is 4.90 Å². The van der Waals surface area contributed by atoms with E-state index in [9.17, 15) is 21.2 Å². The molecule has 0 bridgehead atoms. The van der Waals surface area contributed by atoms with E-state index in [4.69, 9.17) is 0 Å². The quantitative estimate of drug-likeness (QED) is 0.629. The van der Waals surface area contributed by atoms with E-state index in [-0.39, 0.29) is 10.6 Å². The SMILES string of the molecule is O=S1(=O)CC(N2CCN(c3ncccn3)CC2)C(S(=O)(=O)c2ccc(F)cc2)C1. The van der Waals surface area contributed by atoms with Gasteiger partial charge in [-0.25, -0.2) is 31.2 Å². The Kier molecular flexibility index (Phi) is 5.30. The molecule has 0 N–H and O–H groups in total. The molecule has 2 saturated heterocycles. The molecule has 2 fully saturated rings. The molecule has 2 atom stereocenters. The number of nitrogens with zero attached hydrogens (tertiary/aromatic N) is 4. The molecule has 29 heavy (non-hydrogen) atoms. The summed E-state index contributed by atoms with van der Waals surface area (Å²) in [6.45, 7) is 2.16. The van der Waals surface area contributed by atoms with Crippen molar-refractivity contribution < 1.29 is 21.2 Å². The summed E-state index contributed by atoms with van der Waals surface area (Å²) >= 11 is 0. The molecule has 1 aromatic carbocycles. The second kappa shape index (κ2) is 7.62. The van der Waals surface area contributed by atoms with Crippen molar-refractivity contribution in [2.75, 3.05) is 42.6 Å². The Hall–Kier alpha value is -2.11. The first-order valence-corrected chi connectivity index (χ1v) is 12.6. The number of rotatable bonds is 4. The first-order valence-electron chi connectivity index (χ1n) is 9.22. The Morgan fingerprint density at radius 1 is 0.966 bits per heavy atom. The van der Waals surface area contributed by atoms with Crippen LogP contribution in [0.15, 0.2) is 47.6 Å². The van der Waals surface area contributed by atoms with Crippen LogP contribution in [0.1, 0.15) is 0 Å². The Morgan fingerprint density at radius 3 is 2.21 bits per heavy atom. The van der Waals surface area contributed by atoms with Crippen molar-refractivity contribution in [3.8, 4) is 0 Å². The Labute approximate surface area is 169 Å². The number of piperazine rings is 1. The molecular weight excluding hydrogens is 419 g/mol. The second-order valence-electron chi connectivity index (χ2n) is 7.25. The van der Waals surface area contributed by atoms with Crippen molar-refractivity contribution in [1.29, 1.82) is 0 Å². The molecule has 11 heteroatoms. The third-order valence-electron chi connectivity index (χ3n) is 5.43. The van der Waals surface area contributed by atoms with Crippen molar-refractivity contribution in [2.45, 2.75) is 16.2 Å². The number of halogens is 1. The summed E-state index contributed by atoms with van der Waals surface area (Å²) in [5.74, 6) is -0.556. The fraction of sp³-hybridized carbons (Fsp3) is 0.444. The summed E-state index contributed by atoms with van der Waals surface area (Å²) in [4.78, 5) is 12.3. The van der Waals surface area contributed by atoms with Crippen LogP contribution in [0, 0.1) is 5.82 Å². The van der Waals surface area contributed by atoms with Crippen LogP contribution >= 0.6 is 0 Å². The van der Waals surface area contributed by atoms with Crippen LogP contribution < -0.4 is 4.90 Å².